The zero-order valence-electron chi connectivity index (χ0n) is 31.9. The molecule has 45 heavy (non-hydrogen) atoms. The van der Waals surface area contributed by atoms with E-state index in [4.69, 9.17) is 17.7 Å². The lowest BCUT2D eigenvalue weighted by atomic mass is 9.45. The van der Waals surface area contributed by atoms with Gasteiger partial charge >= 0.3 is 0 Å². The predicted molar refractivity (Wildman–Crippen MR) is 198 cm³/mol. The molecule has 4 rings (SSSR count). The van der Waals surface area contributed by atoms with E-state index in [9.17, 15) is 4.79 Å². The minimum atomic E-state index is -1.88. The van der Waals surface area contributed by atoms with E-state index in [2.05, 4.69) is 105 Å². The molecule has 0 saturated heterocycles. The molecular formula is C36H70O5Si4. The molecule has 10 atom stereocenters. The molecule has 0 aromatic carbocycles. The first-order valence-corrected chi connectivity index (χ1v) is 31.9. The largest absolute Gasteiger partial charge is 0.520 e. The van der Waals surface area contributed by atoms with Crippen LogP contribution in [0.2, 0.25) is 78.6 Å². The average Bonchev–Trinajstić information content (AvgIpc) is 3.18. The van der Waals surface area contributed by atoms with E-state index >= 15 is 0 Å². The minimum absolute atomic E-state index is 0.00509. The van der Waals surface area contributed by atoms with E-state index in [1.54, 1.807) is 5.57 Å². The maximum absolute atomic E-state index is 12.8. The van der Waals surface area contributed by atoms with Crippen molar-refractivity contribution in [1.82, 2.24) is 0 Å². The summed E-state index contributed by atoms with van der Waals surface area (Å²) in [5.41, 5.74) is 1.86. The van der Waals surface area contributed by atoms with Gasteiger partial charge in [0.15, 0.2) is 25.0 Å². The van der Waals surface area contributed by atoms with Crippen molar-refractivity contribution in [3.8, 4) is 0 Å². The van der Waals surface area contributed by atoms with Crippen molar-refractivity contribution in [2.75, 3.05) is 0 Å². The van der Waals surface area contributed by atoms with Crippen LogP contribution in [0, 0.1) is 40.4 Å². The van der Waals surface area contributed by atoms with Gasteiger partial charge in [0.1, 0.15) is 0 Å². The molecule has 0 amide bonds. The first kappa shape index (κ1) is 37.8. The normalized spacial score (nSPS) is 38.1. The Morgan fingerprint density at radius 1 is 0.822 bits per heavy atom. The first-order chi connectivity index (χ1) is 20.3. The van der Waals surface area contributed by atoms with Crippen molar-refractivity contribution in [2.45, 2.75) is 169 Å². The van der Waals surface area contributed by atoms with Gasteiger partial charge in [-0.3, -0.25) is 4.79 Å². The average molecular weight is 695 g/mol. The molecule has 4 aliphatic rings. The van der Waals surface area contributed by atoms with Gasteiger partial charge in [-0.25, -0.2) is 0 Å². The predicted octanol–water partition coefficient (Wildman–Crippen LogP) is 10.2. The summed E-state index contributed by atoms with van der Waals surface area (Å²) < 4.78 is 27.2. The standard InChI is InChI=1S/C36H70O5Si4/c1-25(16-19-33(37)41-45(13,14)15)28-17-18-29-34-30(24-32(36(28,29)3)40-44(10,11)12)35(2)21-20-27(38-42(4,5)6)22-26(35)23-31(34)39-43(7,8)9/h23,25,27-32,34H,16-22,24H2,1-15H3/t25-,27+,28-,29?,30?,31-,32+,34?,35+,36-/m1/s1. The highest BCUT2D eigenvalue weighted by Crippen LogP contribution is 2.68. The molecule has 0 radical (unpaired) electrons. The van der Waals surface area contributed by atoms with Gasteiger partial charge in [0.2, 0.25) is 8.32 Å². The van der Waals surface area contributed by atoms with E-state index in [0.717, 1.165) is 25.7 Å². The molecule has 3 saturated carbocycles. The SMILES string of the molecule is C[C@H](CCC(=O)O[Si](C)(C)C)[C@H]1CCC2C3C(C[C@H](O[Si](C)(C)C)[C@@]21C)[C@@]1(C)CC[C@H](O[Si](C)(C)C)CC1=C[C@H]3O[Si](C)(C)C. The third kappa shape index (κ3) is 8.77. The second-order valence-electron chi connectivity index (χ2n) is 19.8. The third-order valence-electron chi connectivity index (χ3n) is 11.6. The Balaban J connectivity index is 1.71. The molecule has 260 valence electrons. The quantitative estimate of drug-likeness (QED) is 0.159. The number of carbonyl (C=O) groups is 1. The Morgan fingerprint density at radius 3 is 1.98 bits per heavy atom. The first-order valence-electron chi connectivity index (χ1n) is 18.3. The lowest BCUT2D eigenvalue weighted by molar-refractivity contribution is -0.150. The smallest absolute Gasteiger partial charge is 0.292 e. The summed E-state index contributed by atoms with van der Waals surface area (Å²) >= 11 is 0. The summed E-state index contributed by atoms with van der Waals surface area (Å²) in [4.78, 5) is 12.8. The van der Waals surface area contributed by atoms with Crippen molar-refractivity contribution in [3.05, 3.63) is 11.6 Å². The van der Waals surface area contributed by atoms with Crippen LogP contribution in [0.4, 0.5) is 0 Å². The zero-order chi connectivity index (χ0) is 34.0. The lowest BCUT2D eigenvalue weighted by Gasteiger charge is -2.63. The van der Waals surface area contributed by atoms with E-state index < -0.39 is 33.3 Å². The molecule has 9 heteroatoms. The van der Waals surface area contributed by atoms with E-state index in [-0.39, 0.29) is 29.0 Å². The Labute approximate surface area is 281 Å². The Morgan fingerprint density at radius 2 is 1.42 bits per heavy atom. The molecule has 0 heterocycles. The number of rotatable bonds is 11. The van der Waals surface area contributed by atoms with E-state index in [1.807, 2.05) is 0 Å². The highest BCUT2D eigenvalue weighted by Gasteiger charge is 2.65. The van der Waals surface area contributed by atoms with E-state index in [1.165, 1.54) is 19.3 Å². The van der Waals surface area contributed by atoms with Crippen molar-refractivity contribution in [3.63, 3.8) is 0 Å². The molecule has 5 nitrogen and oxygen atoms in total. The fourth-order valence-corrected chi connectivity index (χ4v) is 14.4. The highest BCUT2D eigenvalue weighted by atomic mass is 28.4. The molecule has 0 spiro atoms. The second-order valence-corrected chi connectivity index (χ2v) is 37.6. The van der Waals surface area contributed by atoms with Crippen molar-refractivity contribution in [1.29, 1.82) is 0 Å². The van der Waals surface area contributed by atoms with Crippen LogP contribution in [-0.2, 0) is 22.5 Å². The van der Waals surface area contributed by atoms with Crippen LogP contribution in [0.25, 0.3) is 0 Å². The fraction of sp³-hybridized carbons (Fsp3) is 0.917. The number of hydrogen-bond donors (Lipinski definition) is 0. The summed E-state index contributed by atoms with van der Waals surface area (Å²) in [5, 5.41) is 0. The molecule has 4 aliphatic carbocycles. The molecule has 0 aromatic rings. The number of carbonyl (C=O) groups excluding carboxylic acids is 1. The number of hydrogen-bond acceptors (Lipinski definition) is 5. The van der Waals surface area contributed by atoms with Gasteiger partial charge in [-0.1, -0.05) is 32.4 Å². The second kappa shape index (κ2) is 13.0. The van der Waals surface area contributed by atoms with Gasteiger partial charge in [0, 0.05) is 12.5 Å². The molecule has 0 bridgehead atoms. The Kier molecular flexibility index (Phi) is 10.9. The maximum atomic E-state index is 12.8. The zero-order valence-corrected chi connectivity index (χ0v) is 35.9. The summed E-state index contributed by atoms with van der Waals surface area (Å²) in [6, 6.07) is 0. The third-order valence-corrected chi connectivity index (χ3v) is 15.5. The van der Waals surface area contributed by atoms with Gasteiger partial charge in [-0.05, 0) is 164 Å². The van der Waals surface area contributed by atoms with Crippen molar-refractivity contribution < 1.29 is 22.5 Å². The van der Waals surface area contributed by atoms with Crippen LogP contribution in [0.1, 0.15) is 72.1 Å². The minimum Gasteiger partial charge on any atom is -0.520 e. The molecule has 0 aromatic heterocycles. The molecule has 0 N–H and O–H groups in total. The monoisotopic (exact) mass is 694 g/mol. The lowest BCUT2D eigenvalue weighted by Crippen LogP contribution is -2.62. The van der Waals surface area contributed by atoms with Crippen molar-refractivity contribution in [2.24, 2.45) is 40.4 Å². The van der Waals surface area contributed by atoms with Crippen LogP contribution in [-0.4, -0.2) is 57.6 Å². The van der Waals surface area contributed by atoms with Crippen LogP contribution in [0.5, 0.6) is 0 Å². The number of fused-ring (bicyclic) bond motifs is 5. The molecule has 0 aliphatic heterocycles. The molecule has 3 unspecified atom stereocenters. The van der Waals surface area contributed by atoms with Crippen LogP contribution in [0.15, 0.2) is 11.6 Å². The van der Waals surface area contributed by atoms with Crippen molar-refractivity contribution >= 4 is 39.2 Å². The molecular weight excluding hydrogens is 625 g/mol. The molecule has 3 fully saturated rings. The van der Waals surface area contributed by atoms with Gasteiger partial charge in [-0.2, -0.15) is 0 Å². The van der Waals surface area contributed by atoms with Gasteiger partial charge in [0.25, 0.3) is 5.97 Å². The summed E-state index contributed by atoms with van der Waals surface area (Å²) in [5.74, 6) is 2.62. The summed E-state index contributed by atoms with van der Waals surface area (Å²) in [6.07, 6.45) is 11.8. The van der Waals surface area contributed by atoms with Crippen LogP contribution < -0.4 is 0 Å². The highest BCUT2D eigenvalue weighted by molar-refractivity contribution is 6.71. The van der Waals surface area contributed by atoms with E-state index in [0.29, 0.717) is 42.1 Å². The Bertz CT molecular complexity index is 1100. The van der Waals surface area contributed by atoms with Gasteiger partial charge in [-0.15, -0.1) is 0 Å². The van der Waals surface area contributed by atoms with Crippen LogP contribution >= 0.6 is 0 Å². The van der Waals surface area contributed by atoms with Gasteiger partial charge < -0.3 is 17.7 Å². The van der Waals surface area contributed by atoms with Crippen LogP contribution in [0.3, 0.4) is 0 Å². The fourth-order valence-electron chi connectivity index (χ4n) is 10.2. The Hall–Kier alpha value is -0.0425. The van der Waals surface area contributed by atoms with Gasteiger partial charge in [0.05, 0.1) is 12.2 Å². The summed E-state index contributed by atoms with van der Waals surface area (Å²) in [6.45, 7) is 35.1. The summed E-state index contributed by atoms with van der Waals surface area (Å²) in [7, 11) is -7.12. The maximum Gasteiger partial charge on any atom is 0.292 e. The topological polar surface area (TPSA) is 54.0 Å².